The zero-order chi connectivity index (χ0) is 19.9. The Morgan fingerprint density at radius 2 is 1.00 bits per heavy atom. The fourth-order valence-electron chi connectivity index (χ4n) is 3.76. The predicted molar refractivity (Wildman–Crippen MR) is 127 cm³/mol. The van der Waals surface area contributed by atoms with E-state index in [0.717, 1.165) is 0 Å². The molecule has 0 unspecified atom stereocenters. The van der Waals surface area contributed by atoms with Crippen LogP contribution >= 0.6 is 14.6 Å². The van der Waals surface area contributed by atoms with Gasteiger partial charge in [0.25, 0.3) is 0 Å². The van der Waals surface area contributed by atoms with E-state index in [-0.39, 0.29) is 0 Å². The molecule has 0 nitrogen and oxygen atoms in total. The van der Waals surface area contributed by atoms with Crippen LogP contribution in [0.4, 0.5) is 0 Å². The molecule has 0 N–H and O–H groups in total. The average molecular weight is 449 g/mol. The molecule has 0 aliphatic rings. The van der Waals surface area contributed by atoms with Gasteiger partial charge in [0, 0.05) is 0 Å². The molecule has 0 saturated heterocycles. The fraction of sp³-hybridized carbons (Fsp3) is 0. The quantitative estimate of drug-likeness (QED) is 0.174. The zero-order valence-electron chi connectivity index (χ0n) is 16.0. The van der Waals surface area contributed by atoms with Gasteiger partial charge in [0.1, 0.15) is 0 Å². The van der Waals surface area contributed by atoms with Crippen molar-refractivity contribution in [3.05, 3.63) is 132 Å². The second-order valence-corrected chi connectivity index (χ2v) is 17.0. The summed E-state index contributed by atoms with van der Waals surface area (Å²) in [5.41, 5.74) is 2.48. The van der Waals surface area contributed by atoms with Crippen LogP contribution in [0.25, 0.3) is 11.4 Å². The van der Waals surface area contributed by atoms with Crippen molar-refractivity contribution in [1.29, 1.82) is 0 Å². The summed E-state index contributed by atoms with van der Waals surface area (Å²) in [5.74, 6) is 0. The van der Waals surface area contributed by atoms with Gasteiger partial charge in [0.05, 0.1) is 0 Å². The fourth-order valence-corrected chi connectivity index (χ4v) is 15.4. The first kappa shape index (κ1) is 20.3. The van der Waals surface area contributed by atoms with Crippen LogP contribution in [0.1, 0.15) is 11.1 Å². The molecule has 0 radical (unpaired) electrons. The average Bonchev–Trinajstić information content (AvgIpc) is 2.82. The Hall–Kier alpha value is -1.95. The zero-order valence-corrected chi connectivity index (χ0v) is 19.3. The summed E-state index contributed by atoms with van der Waals surface area (Å²) in [6, 6.07) is 43.2. The maximum absolute atomic E-state index is 7.05. The Labute approximate surface area is 185 Å². The van der Waals surface area contributed by atoms with Crippen molar-refractivity contribution >= 4 is 36.6 Å². The van der Waals surface area contributed by atoms with Gasteiger partial charge in [-0.25, -0.2) is 0 Å². The first-order chi connectivity index (χ1) is 14.3. The van der Waals surface area contributed by atoms with E-state index < -0.39 is 22.8 Å². The van der Waals surface area contributed by atoms with Gasteiger partial charge < -0.3 is 0 Å². The Morgan fingerprint density at radius 1 is 0.586 bits per heavy atom. The molecule has 0 saturated carbocycles. The van der Waals surface area contributed by atoms with Crippen LogP contribution in [0.15, 0.2) is 121 Å². The van der Waals surface area contributed by atoms with Crippen LogP contribution in [0.2, 0.25) is 0 Å². The van der Waals surface area contributed by atoms with E-state index in [1.165, 1.54) is 27.1 Å². The number of hydrogen-bond acceptors (Lipinski definition) is 0. The summed E-state index contributed by atoms with van der Waals surface area (Å²) in [6.45, 7) is 0. The van der Waals surface area contributed by atoms with Crippen molar-refractivity contribution < 1.29 is 17.6 Å². The minimum absolute atomic E-state index is 0.788. The van der Waals surface area contributed by atoms with E-state index in [9.17, 15) is 0 Å². The molecule has 0 fully saturated rings. The van der Waals surface area contributed by atoms with Gasteiger partial charge in [-0.2, -0.15) is 0 Å². The summed E-state index contributed by atoms with van der Waals surface area (Å²) < 4.78 is 0. The first-order valence-electron chi connectivity index (χ1n) is 9.66. The summed E-state index contributed by atoms with van der Waals surface area (Å²) in [5, 5.41) is 1.83. The normalized spacial score (nSPS) is 12.4. The van der Waals surface area contributed by atoms with E-state index in [1.54, 1.807) is 0 Å². The molecule has 0 aliphatic heterocycles. The number of benzene rings is 4. The molecule has 0 atom stereocenters. The predicted octanol–water partition coefficient (Wildman–Crippen LogP) is 6.74. The van der Waals surface area contributed by atoms with Crippen LogP contribution in [0.3, 0.4) is 0 Å². The van der Waals surface area contributed by atoms with Crippen molar-refractivity contribution in [1.82, 2.24) is 0 Å². The van der Waals surface area contributed by atoms with Crippen molar-refractivity contribution in [2.45, 2.75) is 0 Å². The molecule has 0 amide bonds. The van der Waals surface area contributed by atoms with Gasteiger partial charge in [-0.15, -0.1) is 0 Å². The molecule has 0 spiro atoms. The number of hydrogen-bond donors (Lipinski definition) is 0. The second-order valence-electron chi connectivity index (χ2n) is 6.91. The third-order valence-electron chi connectivity index (χ3n) is 5.15. The van der Waals surface area contributed by atoms with Crippen molar-refractivity contribution in [2.75, 3.05) is 0 Å². The topological polar surface area (TPSA) is 0 Å². The van der Waals surface area contributed by atoms with Crippen LogP contribution in [-0.4, -0.2) is 0 Å². The van der Waals surface area contributed by atoms with Crippen molar-refractivity contribution in [2.24, 2.45) is 0 Å². The van der Waals surface area contributed by atoms with Gasteiger partial charge in [0.2, 0.25) is 0 Å². The Morgan fingerprint density at radius 3 is 1.45 bits per heavy atom. The molecule has 4 rings (SSSR count). The van der Waals surface area contributed by atoms with Crippen LogP contribution in [-0.2, 0) is 17.6 Å². The van der Waals surface area contributed by atoms with Crippen LogP contribution in [0, 0.1) is 0 Å². The summed E-state index contributed by atoms with van der Waals surface area (Å²) >= 11 is -0.788. The molecule has 142 valence electrons. The molecule has 4 aromatic rings. The molecule has 0 heterocycles. The molecule has 29 heavy (non-hydrogen) atoms. The van der Waals surface area contributed by atoms with E-state index in [2.05, 4.69) is 127 Å². The SMILES string of the molecule is [Cl][Ti][PH](C(=Cc1ccccc1)c1ccccc1)(c1ccccc1)c1ccccc1. The maximum atomic E-state index is 7.05. The molecular formula is C26H22ClPTi. The minimum atomic E-state index is -2.32. The molecule has 4 aromatic carbocycles. The van der Waals surface area contributed by atoms with E-state index >= 15 is 0 Å². The van der Waals surface area contributed by atoms with Crippen molar-refractivity contribution in [3.8, 4) is 0 Å². The second kappa shape index (κ2) is 9.70. The molecule has 0 aliphatic carbocycles. The van der Waals surface area contributed by atoms with Crippen LogP contribution < -0.4 is 10.6 Å². The third-order valence-corrected chi connectivity index (χ3v) is 17.9. The summed E-state index contributed by atoms with van der Waals surface area (Å²) in [6.07, 6.45) is 2.37. The monoisotopic (exact) mass is 448 g/mol. The van der Waals surface area contributed by atoms with E-state index in [1.807, 2.05) is 0 Å². The molecule has 0 aromatic heterocycles. The third kappa shape index (κ3) is 4.32. The molecule has 3 heteroatoms. The van der Waals surface area contributed by atoms with Gasteiger partial charge >= 0.3 is 187 Å². The van der Waals surface area contributed by atoms with E-state index in [0.29, 0.717) is 0 Å². The van der Waals surface area contributed by atoms with Gasteiger partial charge in [-0.05, 0) is 0 Å². The van der Waals surface area contributed by atoms with Gasteiger partial charge in [-0.3, -0.25) is 0 Å². The summed E-state index contributed by atoms with van der Waals surface area (Å²) in [7, 11) is 7.05. The van der Waals surface area contributed by atoms with E-state index in [4.69, 9.17) is 9.30 Å². The summed E-state index contributed by atoms with van der Waals surface area (Å²) in [4.78, 5) is 0. The Balaban J connectivity index is 2.05. The molecular weight excluding hydrogens is 427 g/mol. The molecule has 0 bridgehead atoms. The first-order valence-corrected chi connectivity index (χ1v) is 16.1. The number of halogens is 1. The standard InChI is InChI=1S/C26H21P.ClH.Ti/c1-5-13-22(14-6-1)21-26(23-15-7-2-8-16-23)27(24-17-9-3-10-18-24)25-19-11-4-12-20-25;;/h1-21H;1H;. The Bertz CT molecular complexity index is 1030. The number of rotatable bonds is 6. The van der Waals surface area contributed by atoms with Gasteiger partial charge in [-0.1, -0.05) is 0 Å². The van der Waals surface area contributed by atoms with Crippen molar-refractivity contribution in [3.63, 3.8) is 0 Å². The Kier molecular flexibility index (Phi) is 6.80. The van der Waals surface area contributed by atoms with Crippen LogP contribution in [0.5, 0.6) is 0 Å². The van der Waals surface area contributed by atoms with Gasteiger partial charge in [0.15, 0.2) is 0 Å².